The van der Waals surface area contributed by atoms with Crippen molar-refractivity contribution in [1.82, 2.24) is 9.78 Å². The molecule has 5 rings (SSSR count). The molecule has 4 aromatic rings. The fraction of sp³-hybridized carbons (Fsp3) is 0.214. The fourth-order valence-electron chi connectivity index (χ4n) is 4.62. The van der Waals surface area contributed by atoms with Crippen LogP contribution in [0.1, 0.15) is 29.0 Å². The molecule has 0 spiro atoms. The Morgan fingerprint density at radius 1 is 0.914 bits per heavy atom. The summed E-state index contributed by atoms with van der Waals surface area (Å²) in [5.74, 6) is 1.93. The first-order valence-electron chi connectivity index (χ1n) is 11.4. The van der Waals surface area contributed by atoms with Gasteiger partial charge in [0, 0.05) is 23.5 Å². The average Bonchev–Trinajstić information content (AvgIpc) is 3.27. The molecule has 7 heteroatoms. The minimum atomic E-state index is -0.262. The Balaban J connectivity index is 1.77. The van der Waals surface area contributed by atoms with Crippen LogP contribution in [0, 0.1) is 6.92 Å². The number of carbonyl (C=O) groups excluding carboxylic acids is 1. The van der Waals surface area contributed by atoms with Crippen LogP contribution in [0.15, 0.2) is 66.7 Å². The number of amides is 1. The van der Waals surface area contributed by atoms with Crippen LogP contribution in [0.25, 0.3) is 16.9 Å². The van der Waals surface area contributed by atoms with Gasteiger partial charge >= 0.3 is 0 Å². The van der Waals surface area contributed by atoms with E-state index < -0.39 is 0 Å². The number of hydrogen-bond acceptors (Lipinski definition) is 5. The van der Waals surface area contributed by atoms with Crippen molar-refractivity contribution in [1.29, 1.82) is 0 Å². The number of anilines is 1. The van der Waals surface area contributed by atoms with Crippen LogP contribution in [0.5, 0.6) is 17.2 Å². The molecule has 1 aliphatic rings. The number of nitrogens with zero attached hydrogens (tertiary/aromatic N) is 2. The minimum Gasteiger partial charge on any atom is -0.493 e. The smallest absolute Gasteiger partial charge is 0.226 e. The van der Waals surface area contributed by atoms with Gasteiger partial charge in [0.25, 0.3) is 0 Å². The van der Waals surface area contributed by atoms with Gasteiger partial charge in [-0.15, -0.1) is 0 Å². The summed E-state index contributed by atoms with van der Waals surface area (Å²) in [6.45, 7) is 2.04. The third-order valence-electron chi connectivity index (χ3n) is 6.33. The predicted molar refractivity (Wildman–Crippen MR) is 135 cm³/mol. The molecule has 7 nitrogen and oxygen atoms in total. The zero-order chi connectivity index (χ0) is 24.5. The molecule has 1 aliphatic heterocycles. The summed E-state index contributed by atoms with van der Waals surface area (Å²) >= 11 is 0. The minimum absolute atomic E-state index is 0.0795. The lowest BCUT2D eigenvalue weighted by Crippen LogP contribution is -2.25. The highest BCUT2D eigenvalue weighted by atomic mass is 16.5. The summed E-state index contributed by atoms with van der Waals surface area (Å²) in [5, 5.41) is 8.09. The number of ether oxygens (including phenoxy) is 3. The lowest BCUT2D eigenvalue weighted by molar-refractivity contribution is -0.116. The van der Waals surface area contributed by atoms with Crippen molar-refractivity contribution < 1.29 is 19.0 Å². The molecule has 1 amide bonds. The van der Waals surface area contributed by atoms with Crippen LogP contribution in [0.4, 0.5) is 5.82 Å². The standard InChI is InChI=1S/C28H27N3O4/c1-17-10-12-20(13-11-17)31-28-25(26(30-31)18-8-6-5-7-9-18)21(16-24(32)29-28)19-14-22(33-2)27(35-4)23(15-19)34-3/h5-15,21H,16H2,1-4H3,(H,29,32). The van der Waals surface area contributed by atoms with E-state index >= 15 is 0 Å². The van der Waals surface area contributed by atoms with Crippen molar-refractivity contribution in [3.05, 3.63) is 83.4 Å². The Hall–Kier alpha value is -4.26. The molecule has 178 valence electrons. The third kappa shape index (κ3) is 3.99. The van der Waals surface area contributed by atoms with E-state index in [0.29, 0.717) is 23.1 Å². The van der Waals surface area contributed by atoms with Crippen molar-refractivity contribution in [2.75, 3.05) is 26.6 Å². The molecule has 0 aliphatic carbocycles. The maximum absolute atomic E-state index is 13.0. The summed E-state index contributed by atoms with van der Waals surface area (Å²) in [4.78, 5) is 13.0. The normalized spacial score (nSPS) is 14.7. The largest absolute Gasteiger partial charge is 0.493 e. The van der Waals surface area contributed by atoms with Crippen LogP contribution < -0.4 is 19.5 Å². The highest BCUT2D eigenvalue weighted by molar-refractivity contribution is 5.96. The van der Waals surface area contributed by atoms with Crippen molar-refractivity contribution in [3.8, 4) is 34.2 Å². The van der Waals surface area contributed by atoms with Crippen molar-refractivity contribution in [2.45, 2.75) is 19.3 Å². The van der Waals surface area contributed by atoms with Crippen molar-refractivity contribution >= 4 is 11.7 Å². The van der Waals surface area contributed by atoms with E-state index in [0.717, 1.165) is 33.6 Å². The molecule has 35 heavy (non-hydrogen) atoms. The second-order valence-corrected chi connectivity index (χ2v) is 8.49. The SMILES string of the molecule is COc1cc(C2CC(=O)Nc3c2c(-c2ccccc2)nn3-c2ccc(C)cc2)cc(OC)c1OC. The predicted octanol–water partition coefficient (Wildman–Crippen LogP) is 5.35. The number of carbonyl (C=O) groups is 1. The Morgan fingerprint density at radius 2 is 1.57 bits per heavy atom. The third-order valence-corrected chi connectivity index (χ3v) is 6.33. The molecule has 1 N–H and O–H groups in total. The average molecular weight is 470 g/mol. The summed E-state index contributed by atoms with van der Waals surface area (Å²) in [6, 6.07) is 21.9. The van der Waals surface area contributed by atoms with Crippen LogP contribution in [0.3, 0.4) is 0 Å². The Bertz CT molecular complexity index is 1350. The van der Waals surface area contributed by atoms with Crippen LogP contribution in [0.2, 0.25) is 0 Å². The van der Waals surface area contributed by atoms with Gasteiger partial charge in [-0.2, -0.15) is 5.10 Å². The maximum atomic E-state index is 13.0. The van der Waals surface area contributed by atoms with E-state index in [9.17, 15) is 4.79 Å². The van der Waals surface area contributed by atoms with E-state index in [-0.39, 0.29) is 18.2 Å². The number of nitrogens with one attached hydrogen (secondary N) is 1. The fourth-order valence-corrected chi connectivity index (χ4v) is 4.62. The quantitative estimate of drug-likeness (QED) is 0.412. The molecule has 1 aromatic heterocycles. The van der Waals surface area contributed by atoms with Gasteiger partial charge < -0.3 is 19.5 Å². The maximum Gasteiger partial charge on any atom is 0.226 e. The van der Waals surface area contributed by atoms with Crippen LogP contribution >= 0.6 is 0 Å². The number of methoxy groups -OCH3 is 3. The zero-order valence-electron chi connectivity index (χ0n) is 20.2. The number of aryl methyl sites for hydroxylation is 1. The molecule has 1 atom stereocenters. The summed E-state index contributed by atoms with van der Waals surface area (Å²) in [6.07, 6.45) is 0.269. The van der Waals surface area contributed by atoms with Crippen molar-refractivity contribution in [3.63, 3.8) is 0 Å². The second-order valence-electron chi connectivity index (χ2n) is 8.49. The van der Waals surface area contributed by atoms with E-state index in [4.69, 9.17) is 19.3 Å². The first-order valence-corrected chi connectivity index (χ1v) is 11.4. The van der Waals surface area contributed by atoms with Gasteiger partial charge in [-0.3, -0.25) is 4.79 Å². The molecule has 2 heterocycles. The zero-order valence-corrected chi connectivity index (χ0v) is 20.2. The summed E-state index contributed by atoms with van der Waals surface area (Å²) in [7, 11) is 4.75. The number of hydrogen-bond donors (Lipinski definition) is 1. The first kappa shape index (κ1) is 22.5. The second kappa shape index (κ2) is 9.18. The molecule has 0 radical (unpaired) electrons. The number of fused-ring (bicyclic) bond motifs is 1. The highest BCUT2D eigenvalue weighted by Crippen LogP contribution is 2.47. The van der Waals surface area contributed by atoms with Crippen LogP contribution in [-0.2, 0) is 4.79 Å². The summed E-state index contributed by atoms with van der Waals surface area (Å²) in [5.41, 5.74) is 5.65. The van der Waals surface area contributed by atoms with Gasteiger partial charge in [-0.05, 0) is 36.8 Å². The number of benzene rings is 3. The van der Waals surface area contributed by atoms with Gasteiger partial charge in [0.05, 0.1) is 32.7 Å². The van der Waals surface area contributed by atoms with Gasteiger partial charge in [0.1, 0.15) is 5.82 Å². The Morgan fingerprint density at radius 3 is 2.17 bits per heavy atom. The van der Waals surface area contributed by atoms with E-state index in [2.05, 4.69) is 5.32 Å². The monoisotopic (exact) mass is 469 g/mol. The lowest BCUT2D eigenvalue weighted by Gasteiger charge is -2.26. The molecule has 0 saturated heterocycles. The molecule has 0 bridgehead atoms. The molecule has 3 aromatic carbocycles. The van der Waals surface area contributed by atoms with Gasteiger partial charge in [0.2, 0.25) is 11.7 Å². The molecular weight excluding hydrogens is 442 g/mol. The highest BCUT2D eigenvalue weighted by Gasteiger charge is 2.35. The Kier molecular flexibility index (Phi) is 5.91. The summed E-state index contributed by atoms with van der Waals surface area (Å²) < 4.78 is 18.5. The first-order chi connectivity index (χ1) is 17.0. The molecule has 0 fully saturated rings. The van der Waals surface area contributed by atoms with Crippen molar-refractivity contribution in [2.24, 2.45) is 0 Å². The topological polar surface area (TPSA) is 74.6 Å². The Labute approximate surface area is 204 Å². The number of aromatic nitrogens is 2. The van der Waals surface area contributed by atoms with E-state index in [1.165, 1.54) is 0 Å². The van der Waals surface area contributed by atoms with Gasteiger partial charge in [-0.1, -0.05) is 48.0 Å². The molecular formula is C28H27N3O4. The van der Waals surface area contributed by atoms with Gasteiger partial charge in [0.15, 0.2) is 11.5 Å². The van der Waals surface area contributed by atoms with E-state index in [1.807, 2.05) is 78.3 Å². The molecule has 1 unspecified atom stereocenters. The lowest BCUT2D eigenvalue weighted by atomic mass is 9.84. The van der Waals surface area contributed by atoms with E-state index in [1.54, 1.807) is 21.3 Å². The van der Waals surface area contributed by atoms with Gasteiger partial charge in [-0.25, -0.2) is 4.68 Å². The number of rotatable bonds is 6. The molecule has 0 saturated carbocycles. The van der Waals surface area contributed by atoms with Crippen LogP contribution in [-0.4, -0.2) is 37.0 Å².